The molecular formula is C18H14N2O4S3. The summed E-state index contributed by atoms with van der Waals surface area (Å²) < 4.78 is 25.1. The van der Waals surface area contributed by atoms with Crippen molar-refractivity contribution in [1.82, 2.24) is 9.84 Å². The van der Waals surface area contributed by atoms with Crippen molar-refractivity contribution in [3.63, 3.8) is 0 Å². The van der Waals surface area contributed by atoms with Crippen molar-refractivity contribution in [2.24, 2.45) is 0 Å². The number of amides is 1. The fourth-order valence-electron chi connectivity index (χ4n) is 2.26. The van der Waals surface area contributed by atoms with E-state index in [-0.39, 0.29) is 14.1 Å². The number of thioether (sulfide) groups is 1. The van der Waals surface area contributed by atoms with Crippen LogP contribution in [0.15, 0.2) is 58.3 Å². The summed E-state index contributed by atoms with van der Waals surface area (Å²) in [6, 6.07) is 12.9. The molecular weight excluding hydrogens is 404 g/mol. The fraction of sp³-hybridized carbons (Fsp3) is 0.0556. The molecule has 1 heterocycles. The highest BCUT2D eigenvalue weighted by molar-refractivity contribution is 8.26. The van der Waals surface area contributed by atoms with Crippen LogP contribution in [0.2, 0.25) is 0 Å². The average molecular weight is 419 g/mol. The van der Waals surface area contributed by atoms with Crippen LogP contribution in [0.3, 0.4) is 0 Å². The van der Waals surface area contributed by atoms with Gasteiger partial charge >= 0.3 is 0 Å². The van der Waals surface area contributed by atoms with Crippen molar-refractivity contribution in [2.45, 2.75) is 11.8 Å². The third-order valence-electron chi connectivity index (χ3n) is 3.71. The van der Waals surface area contributed by atoms with Gasteiger partial charge in [-0.05, 0) is 30.7 Å². The maximum atomic E-state index is 12.6. The predicted octanol–water partition coefficient (Wildman–Crippen LogP) is 2.90. The van der Waals surface area contributed by atoms with Crippen LogP contribution in [-0.4, -0.2) is 29.9 Å². The standard InChI is InChI=1S/C18H14N2O4S3/c1-12-2-8-15(9-3-12)27(23,24)19-20-17(22)16(26-18(20)25)10-13-4-6-14(11-21)7-5-13/h2-11,19H,1H3. The molecule has 0 spiro atoms. The summed E-state index contributed by atoms with van der Waals surface area (Å²) in [6.07, 6.45) is 2.32. The molecule has 0 bridgehead atoms. The summed E-state index contributed by atoms with van der Waals surface area (Å²) in [5.74, 6) is -0.555. The number of rotatable bonds is 5. The maximum absolute atomic E-state index is 12.6. The Morgan fingerprint density at radius 1 is 1.04 bits per heavy atom. The number of carbonyl (C=O) groups is 2. The molecule has 0 atom stereocenters. The summed E-state index contributed by atoms with van der Waals surface area (Å²) in [7, 11) is -3.94. The van der Waals surface area contributed by atoms with Gasteiger partial charge in [-0.3, -0.25) is 9.59 Å². The Hall–Kier alpha value is -2.33. The summed E-state index contributed by atoms with van der Waals surface area (Å²) >= 11 is 6.14. The van der Waals surface area contributed by atoms with Crippen LogP contribution in [-0.2, 0) is 14.8 Å². The summed E-state index contributed by atoms with van der Waals surface area (Å²) in [4.78, 5) is 25.8. The molecule has 0 radical (unpaired) electrons. The molecule has 2 aromatic rings. The van der Waals surface area contributed by atoms with Crippen LogP contribution in [0.5, 0.6) is 0 Å². The molecule has 138 valence electrons. The van der Waals surface area contributed by atoms with Crippen LogP contribution < -0.4 is 4.83 Å². The van der Waals surface area contributed by atoms with Gasteiger partial charge in [0.1, 0.15) is 6.29 Å². The molecule has 1 N–H and O–H groups in total. The van der Waals surface area contributed by atoms with Gasteiger partial charge in [-0.25, -0.2) is 13.4 Å². The number of hydrogen-bond donors (Lipinski definition) is 1. The van der Waals surface area contributed by atoms with Crippen molar-refractivity contribution in [3.05, 3.63) is 70.1 Å². The smallest absolute Gasteiger partial charge is 0.281 e. The van der Waals surface area contributed by atoms with Gasteiger partial charge in [0.05, 0.1) is 9.80 Å². The van der Waals surface area contributed by atoms with Crippen LogP contribution in [0.1, 0.15) is 21.5 Å². The highest BCUT2D eigenvalue weighted by Gasteiger charge is 2.35. The van der Waals surface area contributed by atoms with Crippen LogP contribution in [0.25, 0.3) is 6.08 Å². The number of aryl methyl sites for hydroxylation is 1. The Kier molecular flexibility index (Phi) is 5.56. The zero-order chi connectivity index (χ0) is 19.6. The first-order valence-corrected chi connectivity index (χ1v) is 10.4. The first kappa shape index (κ1) is 19.4. The van der Waals surface area contributed by atoms with Crippen LogP contribution in [0, 0.1) is 6.92 Å². The molecule has 2 aromatic carbocycles. The second-order valence-electron chi connectivity index (χ2n) is 5.71. The Bertz CT molecular complexity index is 1040. The lowest BCUT2D eigenvalue weighted by Gasteiger charge is -2.16. The van der Waals surface area contributed by atoms with Crippen molar-refractivity contribution in [2.75, 3.05) is 0 Å². The molecule has 1 saturated heterocycles. The minimum atomic E-state index is -3.94. The van der Waals surface area contributed by atoms with Gasteiger partial charge in [0.25, 0.3) is 15.9 Å². The number of hydrogen-bond acceptors (Lipinski definition) is 6. The van der Waals surface area contributed by atoms with E-state index in [2.05, 4.69) is 4.83 Å². The fourth-order valence-corrected chi connectivity index (χ4v) is 4.57. The molecule has 0 aliphatic carbocycles. The van der Waals surface area contributed by atoms with Gasteiger partial charge in [-0.1, -0.05) is 65.9 Å². The molecule has 6 nitrogen and oxygen atoms in total. The van der Waals surface area contributed by atoms with Gasteiger partial charge in [-0.2, -0.15) is 0 Å². The van der Waals surface area contributed by atoms with Crippen molar-refractivity contribution in [3.8, 4) is 0 Å². The molecule has 1 aliphatic rings. The number of nitrogens with one attached hydrogen (secondary N) is 1. The minimum absolute atomic E-state index is 0.0376. The molecule has 1 amide bonds. The van der Waals surface area contributed by atoms with E-state index in [1.165, 1.54) is 12.1 Å². The second-order valence-corrected chi connectivity index (χ2v) is 9.05. The lowest BCUT2D eigenvalue weighted by Crippen LogP contribution is -2.44. The van der Waals surface area contributed by atoms with Gasteiger partial charge in [0.15, 0.2) is 4.32 Å². The quantitative estimate of drug-likeness (QED) is 0.457. The van der Waals surface area contributed by atoms with Gasteiger partial charge < -0.3 is 0 Å². The van der Waals surface area contributed by atoms with Crippen LogP contribution >= 0.6 is 24.0 Å². The molecule has 0 aromatic heterocycles. The van der Waals surface area contributed by atoms with E-state index in [0.717, 1.165) is 28.6 Å². The summed E-state index contributed by atoms with van der Waals surface area (Å²) in [6.45, 7) is 1.85. The number of benzene rings is 2. The van der Waals surface area contributed by atoms with Gasteiger partial charge in [-0.15, -0.1) is 4.83 Å². The lowest BCUT2D eigenvalue weighted by atomic mass is 10.1. The number of thiocarbonyl (C=S) groups is 1. The first-order valence-electron chi connectivity index (χ1n) is 7.72. The summed E-state index contributed by atoms with van der Waals surface area (Å²) in [5, 5.41) is 0.848. The number of carbonyl (C=O) groups excluding carboxylic acids is 2. The van der Waals surface area contributed by atoms with E-state index < -0.39 is 15.9 Å². The topological polar surface area (TPSA) is 83.6 Å². The maximum Gasteiger partial charge on any atom is 0.281 e. The predicted molar refractivity (Wildman–Crippen MR) is 108 cm³/mol. The molecule has 9 heteroatoms. The van der Waals surface area contributed by atoms with Crippen molar-refractivity contribution in [1.29, 1.82) is 0 Å². The van der Waals surface area contributed by atoms with Crippen molar-refractivity contribution < 1.29 is 18.0 Å². The van der Waals surface area contributed by atoms with E-state index in [1.54, 1.807) is 42.5 Å². The number of hydrazine groups is 1. The zero-order valence-corrected chi connectivity index (χ0v) is 16.5. The van der Waals surface area contributed by atoms with Gasteiger partial charge in [0.2, 0.25) is 0 Å². The SMILES string of the molecule is Cc1ccc(S(=O)(=O)NN2C(=O)C(=Cc3ccc(C=O)cc3)SC2=S)cc1. The average Bonchev–Trinajstić information content (AvgIpc) is 2.90. The van der Waals surface area contributed by atoms with E-state index in [1.807, 2.05) is 6.92 Å². The van der Waals surface area contributed by atoms with Gasteiger partial charge in [0, 0.05) is 5.56 Å². The molecule has 0 unspecified atom stereocenters. The second kappa shape index (κ2) is 7.73. The Morgan fingerprint density at radius 3 is 2.22 bits per heavy atom. The largest absolute Gasteiger partial charge is 0.298 e. The van der Waals surface area contributed by atoms with E-state index in [0.29, 0.717) is 11.1 Å². The number of aldehydes is 1. The monoisotopic (exact) mass is 418 g/mol. The first-order chi connectivity index (χ1) is 12.8. The Balaban J connectivity index is 1.82. The molecule has 0 saturated carbocycles. The van der Waals surface area contributed by atoms with Crippen LogP contribution in [0.4, 0.5) is 0 Å². The highest BCUT2D eigenvalue weighted by Crippen LogP contribution is 2.32. The Labute approximate surface area is 166 Å². The normalized spacial score (nSPS) is 16.2. The number of sulfonamides is 1. The molecule has 1 aliphatic heterocycles. The Morgan fingerprint density at radius 2 is 1.63 bits per heavy atom. The third kappa shape index (κ3) is 4.33. The van der Waals surface area contributed by atoms with E-state index in [4.69, 9.17) is 12.2 Å². The lowest BCUT2D eigenvalue weighted by molar-refractivity contribution is -0.123. The zero-order valence-electron chi connectivity index (χ0n) is 14.1. The third-order valence-corrected chi connectivity index (χ3v) is 6.32. The summed E-state index contributed by atoms with van der Waals surface area (Å²) in [5.41, 5.74) is 2.14. The molecule has 27 heavy (non-hydrogen) atoms. The van der Waals surface area contributed by atoms with E-state index in [9.17, 15) is 18.0 Å². The van der Waals surface area contributed by atoms with E-state index >= 15 is 0 Å². The highest BCUT2D eigenvalue weighted by atomic mass is 32.2. The minimum Gasteiger partial charge on any atom is -0.298 e. The number of nitrogens with zero attached hydrogens (tertiary/aromatic N) is 1. The van der Waals surface area contributed by atoms with Crippen molar-refractivity contribution >= 4 is 56.6 Å². The molecule has 3 rings (SSSR count). The molecule has 1 fully saturated rings.